The molecule has 2 heteroatoms. The van der Waals surface area contributed by atoms with Crippen molar-refractivity contribution in [1.29, 1.82) is 0 Å². The van der Waals surface area contributed by atoms with Crippen LogP contribution in [-0.4, -0.2) is 13.1 Å². The molecule has 3 rings (SSSR count). The van der Waals surface area contributed by atoms with Crippen molar-refractivity contribution in [3.05, 3.63) is 95.6 Å². The Kier molecular flexibility index (Phi) is 4.76. The van der Waals surface area contributed by atoms with Crippen LogP contribution in [0.5, 0.6) is 0 Å². The topological polar surface area (TPSA) is 26.3 Å². The molecule has 0 aliphatic rings. The second kappa shape index (κ2) is 7.14. The minimum absolute atomic E-state index is 0.265. The molecular formula is C22H20O2. The zero-order valence-electron chi connectivity index (χ0n) is 13.9. The van der Waals surface area contributed by atoms with Crippen LogP contribution in [-0.2, 0) is 4.74 Å². The van der Waals surface area contributed by atoms with Crippen molar-refractivity contribution in [3.63, 3.8) is 0 Å². The van der Waals surface area contributed by atoms with E-state index in [4.69, 9.17) is 4.74 Å². The van der Waals surface area contributed by atoms with Crippen molar-refractivity contribution in [2.45, 2.75) is 12.8 Å². The third kappa shape index (κ3) is 3.38. The molecule has 0 saturated carbocycles. The van der Waals surface area contributed by atoms with Gasteiger partial charge >= 0.3 is 5.97 Å². The number of carbonyl (C=O) groups is 1. The van der Waals surface area contributed by atoms with Crippen LogP contribution in [0, 0.1) is 0 Å². The molecule has 0 fully saturated rings. The molecule has 0 heterocycles. The summed E-state index contributed by atoms with van der Waals surface area (Å²) in [4.78, 5) is 11.5. The van der Waals surface area contributed by atoms with Crippen LogP contribution in [0.2, 0.25) is 0 Å². The van der Waals surface area contributed by atoms with Gasteiger partial charge in [-0.05, 0) is 34.4 Å². The number of hydrogen-bond acceptors (Lipinski definition) is 2. The fraction of sp³-hybridized carbons (Fsp3) is 0.136. The maximum Gasteiger partial charge on any atom is 0.337 e. The molecule has 0 aliphatic carbocycles. The van der Waals surface area contributed by atoms with Gasteiger partial charge in [-0.25, -0.2) is 4.79 Å². The molecule has 0 amide bonds. The largest absolute Gasteiger partial charge is 0.465 e. The Morgan fingerprint density at radius 2 is 1.25 bits per heavy atom. The molecule has 24 heavy (non-hydrogen) atoms. The van der Waals surface area contributed by atoms with Crippen LogP contribution in [0.4, 0.5) is 0 Å². The van der Waals surface area contributed by atoms with Gasteiger partial charge in [-0.2, -0.15) is 0 Å². The molecule has 0 N–H and O–H groups in total. The predicted molar refractivity (Wildman–Crippen MR) is 97.2 cm³/mol. The van der Waals surface area contributed by atoms with Crippen molar-refractivity contribution in [2.24, 2.45) is 0 Å². The summed E-state index contributed by atoms with van der Waals surface area (Å²) in [7, 11) is 1.40. The molecule has 3 aromatic rings. The molecule has 120 valence electrons. The normalized spacial score (nSPS) is 11.8. The highest BCUT2D eigenvalue weighted by Gasteiger charge is 2.10. The van der Waals surface area contributed by atoms with E-state index in [1.54, 1.807) is 0 Å². The Bertz CT molecular complexity index is 803. The van der Waals surface area contributed by atoms with Crippen LogP contribution < -0.4 is 0 Å². The third-order valence-electron chi connectivity index (χ3n) is 4.35. The number of esters is 1. The first-order valence-corrected chi connectivity index (χ1v) is 8.02. The van der Waals surface area contributed by atoms with Crippen LogP contribution in [0.3, 0.4) is 0 Å². The summed E-state index contributed by atoms with van der Waals surface area (Å²) in [5.74, 6) is -0.0389. The van der Waals surface area contributed by atoms with E-state index in [0.29, 0.717) is 5.56 Å². The molecule has 0 aliphatic heterocycles. The first-order valence-electron chi connectivity index (χ1n) is 8.02. The average molecular weight is 316 g/mol. The lowest BCUT2D eigenvalue weighted by Gasteiger charge is -2.14. The maximum absolute atomic E-state index is 11.5. The van der Waals surface area contributed by atoms with E-state index in [9.17, 15) is 4.79 Å². The van der Waals surface area contributed by atoms with E-state index in [1.807, 2.05) is 30.3 Å². The van der Waals surface area contributed by atoms with Gasteiger partial charge in [-0.3, -0.25) is 0 Å². The fourth-order valence-corrected chi connectivity index (χ4v) is 2.81. The molecule has 0 unspecified atom stereocenters. The zero-order valence-corrected chi connectivity index (χ0v) is 13.9. The molecule has 0 bridgehead atoms. The second-order valence-electron chi connectivity index (χ2n) is 5.82. The summed E-state index contributed by atoms with van der Waals surface area (Å²) in [6, 6.07) is 26.6. The minimum Gasteiger partial charge on any atom is -0.465 e. The highest BCUT2D eigenvalue weighted by atomic mass is 16.5. The van der Waals surface area contributed by atoms with E-state index >= 15 is 0 Å². The highest BCUT2D eigenvalue weighted by Crippen LogP contribution is 2.27. The van der Waals surface area contributed by atoms with Crippen LogP contribution >= 0.6 is 0 Å². The summed E-state index contributed by atoms with van der Waals surface area (Å²) in [6.45, 7) is 2.17. The number of rotatable bonds is 4. The maximum atomic E-state index is 11.5. The summed E-state index contributed by atoms with van der Waals surface area (Å²) < 4.78 is 4.74. The Morgan fingerprint density at radius 1 is 0.750 bits per heavy atom. The van der Waals surface area contributed by atoms with Gasteiger partial charge in [0.15, 0.2) is 0 Å². The van der Waals surface area contributed by atoms with E-state index in [0.717, 1.165) is 0 Å². The number of methoxy groups -OCH3 is 1. The van der Waals surface area contributed by atoms with E-state index < -0.39 is 0 Å². The van der Waals surface area contributed by atoms with E-state index in [2.05, 4.69) is 55.5 Å². The van der Waals surface area contributed by atoms with Gasteiger partial charge in [0.2, 0.25) is 0 Å². The zero-order chi connectivity index (χ0) is 16.9. The molecule has 3 aromatic carbocycles. The first-order chi connectivity index (χ1) is 11.7. The molecule has 0 spiro atoms. The number of hydrogen-bond donors (Lipinski definition) is 0. The third-order valence-corrected chi connectivity index (χ3v) is 4.35. The van der Waals surface area contributed by atoms with Gasteiger partial charge < -0.3 is 4.74 Å². The summed E-state index contributed by atoms with van der Waals surface area (Å²) in [5.41, 5.74) is 5.44. The number of ether oxygens (including phenoxy) is 1. The number of carbonyl (C=O) groups excluding carboxylic acids is 1. The van der Waals surface area contributed by atoms with Gasteiger partial charge in [0.05, 0.1) is 12.7 Å². The van der Waals surface area contributed by atoms with Crippen LogP contribution in [0.25, 0.3) is 11.1 Å². The van der Waals surface area contributed by atoms with Gasteiger partial charge in [-0.15, -0.1) is 0 Å². The van der Waals surface area contributed by atoms with Crippen LogP contribution in [0.15, 0.2) is 78.9 Å². The standard InChI is InChI=1S/C22H20O2/c1-16(18-10-14-21(15-11-18)22(23)24-2)17-8-12-20(13-9-17)19-6-4-3-5-7-19/h3-16H,1-2H3/t16-/m1/s1. The average Bonchev–Trinajstić information content (AvgIpc) is 2.68. The Balaban J connectivity index is 1.80. The van der Waals surface area contributed by atoms with Gasteiger partial charge in [0.1, 0.15) is 0 Å². The van der Waals surface area contributed by atoms with E-state index in [-0.39, 0.29) is 11.9 Å². The second-order valence-corrected chi connectivity index (χ2v) is 5.82. The molecule has 0 aromatic heterocycles. The van der Waals surface area contributed by atoms with Gasteiger partial charge in [0, 0.05) is 5.92 Å². The highest BCUT2D eigenvalue weighted by molar-refractivity contribution is 5.89. The summed E-state index contributed by atoms with van der Waals surface area (Å²) in [5, 5.41) is 0. The van der Waals surface area contributed by atoms with Gasteiger partial charge in [-0.1, -0.05) is 73.7 Å². The van der Waals surface area contributed by atoms with Gasteiger partial charge in [0.25, 0.3) is 0 Å². The molecule has 2 nitrogen and oxygen atoms in total. The molecule has 0 saturated heterocycles. The van der Waals surface area contributed by atoms with Crippen molar-refractivity contribution >= 4 is 5.97 Å². The van der Waals surface area contributed by atoms with Crippen molar-refractivity contribution in [2.75, 3.05) is 7.11 Å². The summed E-state index contributed by atoms with van der Waals surface area (Å²) in [6.07, 6.45) is 0. The Labute approximate surface area is 142 Å². The molecule has 1 atom stereocenters. The molecule has 0 radical (unpaired) electrons. The predicted octanol–water partition coefficient (Wildman–Crippen LogP) is 5.29. The van der Waals surface area contributed by atoms with Crippen LogP contribution in [0.1, 0.15) is 34.3 Å². The minimum atomic E-state index is -0.304. The SMILES string of the molecule is COC(=O)c1ccc([C@H](C)c2ccc(-c3ccccc3)cc2)cc1. The van der Waals surface area contributed by atoms with Crippen molar-refractivity contribution < 1.29 is 9.53 Å². The Hall–Kier alpha value is -2.87. The van der Waals surface area contributed by atoms with E-state index in [1.165, 1.54) is 29.4 Å². The fourth-order valence-electron chi connectivity index (χ4n) is 2.81. The lowest BCUT2D eigenvalue weighted by Crippen LogP contribution is -2.02. The Morgan fingerprint density at radius 3 is 1.79 bits per heavy atom. The first kappa shape index (κ1) is 16.0. The van der Waals surface area contributed by atoms with Crippen molar-refractivity contribution in [1.82, 2.24) is 0 Å². The monoisotopic (exact) mass is 316 g/mol. The lowest BCUT2D eigenvalue weighted by atomic mass is 9.91. The smallest absolute Gasteiger partial charge is 0.337 e. The lowest BCUT2D eigenvalue weighted by molar-refractivity contribution is 0.0600. The quantitative estimate of drug-likeness (QED) is 0.611. The summed E-state index contributed by atoms with van der Waals surface area (Å²) >= 11 is 0. The van der Waals surface area contributed by atoms with Crippen molar-refractivity contribution in [3.8, 4) is 11.1 Å². The molecular weight excluding hydrogens is 296 g/mol. The number of benzene rings is 3.